The van der Waals surface area contributed by atoms with Crippen LogP contribution in [-0.2, 0) is 14.3 Å². The Balaban J connectivity index is 1.81. The number of rotatable bonds is 2. The lowest BCUT2D eigenvalue weighted by molar-refractivity contribution is 0.140. The van der Waals surface area contributed by atoms with Crippen LogP contribution < -0.4 is 0 Å². The Morgan fingerprint density at radius 2 is 1.93 bits per heavy atom. The zero-order valence-electron chi connectivity index (χ0n) is 8.80. The predicted octanol–water partition coefficient (Wildman–Crippen LogP) is 1.56. The summed E-state index contributed by atoms with van der Waals surface area (Å²) in [4.78, 5) is 0. The van der Waals surface area contributed by atoms with Crippen LogP contribution >= 0.6 is 0 Å². The molecular formula is C11H16O3S. The summed E-state index contributed by atoms with van der Waals surface area (Å²) in [5, 5.41) is 0. The van der Waals surface area contributed by atoms with Crippen LogP contribution in [-0.4, -0.2) is 20.8 Å². The minimum atomic E-state index is -3.29. The molecule has 5 unspecified atom stereocenters. The SMILES string of the molecule is CS(=O)(=O)OC1CCC2C3C=CC(C3)C12. The van der Waals surface area contributed by atoms with Crippen molar-refractivity contribution >= 4 is 10.1 Å². The quantitative estimate of drug-likeness (QED) is 0.532. The predicted molar refractivity (Wildman–Crippen MR) is 56.7 cm³/mol. The van der Waals surface area contributed by atoms with Crippen molar-refractivity contribution in [2.45, 2.75) is 25.4 Å². The van der Waals surface area contributed by atoms with Gasteiger partial charge in [0.1, 0.15) is 0 Å². The van der Waals surface area contributed by atoms with Gasteiger partial charge in [0.2, 0.25) is 0 Å². The first kappa shape index (κ1) is 9.85. The Kier molecular flexibility index (Phi) is 2.02. The molecule has 5 atom stereocenters. The van der Waals surface area contributed by atoms with Crippen molar-refractivity contribution < 1.29 is 12.6 Å². The molecule has 0 radical (unpaired) electrons. The summed E-state index contributed by atoms with van der Waals surface area (Å²) in [6.45, 7) is 0. The fraction of sp³-hybridized carbons (Fsp3) is 0.818. The molecule has 0 aromatic rings. The van der Waals surface area contributed by atoms with Crippen LogP contribution in [0.4, 0.5) is 0 Å². The second-order valence-corrected chi connectivity index (χ2v) is 6.71. The van der Waals surface area contributed by atoms with Crippen LogP contribution in [0.15, 0.2) is 12.2 Å². The standard InChI is InChI=1S/C11H16O3S/c1-15(12,13)14-10-5-4-9-7-2-3-8(6-7)11(9)10/h2-3,7-11H,4-6H2,1H3. The molecule has 15 heavy (non-hydrogen) atoms. The van der Waals surface area contributed by atoms with E-state index < -0.39 is 10.1 Å². The van der Waals surface area contributed by atoms with Crippen molar-refractivity contribution in [2.24, 2.45) is 23.7 Å². The second-order valence-electron chi connectivity index (χ2n) is 5.11. The average molecular weight is 228 g/mol. The molecule has 4 heteroatoms. The molecule has 3 nitrogen and oxygen atoms in total. The van der Waals surface area contributed by atoms with E-state index in [0.717, 1.165) is 19.1 Å². The smallest absolute Gasteiger partial charge is 0.264 e. The molecule has 3 aliphatic carbocycles. The molecule has 0 N–H and O–H groups in total. The molecule has 84 valence electrons. The van der Waals surface area contributed by atoms with Crippen LogP contribution in [0, 0.1) is 23.7 Å². The number of allylic oxidation sites excluding steroid dienone is 2. The van der Waals surface area contributed by atoms with Crippen molar-refractivity contribution in [3.63, 3.8) is 0 Å². The molecule has 3 rings (SSSR count). The van der Waals surface area contributed by atoms with Gasteiger partial charge in [0.05, 0.1) is 12.4 Å². The molecule has 0 heterocycles. The van der Waals surface area contributed by atoms with Gasteiger partial charge in [-0.25, -0.2) is 0 Å². The molecule has 2 fully saturated rings. The van der Waals surface area contributed by atoms with E-state index in [2.05, 4.69) is 12.2 Å². The van der Waals surface area contributed by atoms with Gasteiger partial charge in [-0.05, 0) is 42.9 Å². The summed E-state index contributed by atoms with van der Waals surface area (Å²) in [5.74, 6) is 2.43. The average Bonchev–Trinajstić information content (AvgIpc) is 2.72. The molecular weight excluding hydrogens is 212 g/mol. The van der Waals surface area contributed by atoms with Crippen molar-refractivity contribution in [1.29, 1.82) is 0 Å². The molecule has 2 saturated carbocycles. The summed E-state index contributed by atoms with van der Waals surface area (Å²) in [6, 6.07) is 0. The fourth-order valence-corrected chi connectivity index (χ4v) is 4.48. The molecule has 0 aromatic carbocycles. The number of fused-ring (bicyclic) bond motifs is 5. The second kappa shape index (κ2) is 3.08. The lowest BCUT2D eigenvalue weighted by Gasteiger charge is -2.24. The topological polar surface area (TPSA) is 43.4 Å². The first-order valence-electron chi connectivity index (χ1n) is 5.61. The third-order valence-corrected chi connectivity index (χ3v) is 4.80. The molecule has 0 saturated heterocycles. The highest BCUT2D eigenvalue weighted by Crippen LogP contribution is 2.56. The van der Waals surface area contributed by atoms with Crippen LogP contribution in [0.2, 0.25) is 0 Å². The van der Waals surface area contributed by atoms with E-state index >= 15 is 0 Å². The van der Waals surface area contributed by atoms with Gasteiger partial charge >= 0.3 is 0 Å². The van der Waals surface area contributed by atoms with Crippen molar-refractivity contribution in [3.8, 4) is 0 Å². The maximum atomic E-state index is 11.1. The summed E-state index contributed by atoms with van der Waals surface area (Å²) < 4.78 is 27.5. The molecule has 0 aliphatic heterocycles. The van der Waals surface area contributed by atoms with Gasteiger partial charge in [0, 0.05) is 0 Å². The minimum absolute atomic E-state index is 0.0510. The maximum Gasteiger partial charge on any atom is 0.264 e. The lowest BCUT2D eigenvalue weighted by atomic mass is 9.85. The van der Waals surface area contributed by atoms with Gasteiger partial charge in [0.25, 0.3) is 10.1 Å². The van der Waals surface area contributed by atoms with E-state index in [1.54, 1.807) is 0 Å². The monoisotopic (exact) mass is 228 g/mol. The Hall–Kier alpha value is -0.350. The highest BCUT2D eigenvalue weighted by molar-refractivity contribution is 7.86. The van der Waals surface area contributed by atoms with E-state index in [1.165, 1.54) is 6.42 Å². The largest absolute Gasteiger partial charge is 0.267 e. The maximum absolute atomic E-state index is 11.1. The zero-order valence-corrected chi connectivity index (χ0v) is 9.61. The molecule has 2 bridgehead atoms. The van der Waals surface area contributed by atoms with Crippen LogP contribution in [0.1, 0.15) is 19.3 Å². The summed E-state index contributed by atoms with van der Waals surface area (Å²) in [5.41, 5.74) is 0. The van der Waals surface area contributed by atoms with Crippen LogP contribution in [0.25, 0.3) is 0 Å². The number of hydrogen-bond acceptors (Lipinski definition) is 3. The van der Waals surface area contributed by atoms with Crippen molar-refractivity contribution in [2.75, 3.05) is 6.26 Å². The van der Waals surface area contributed by atoms with Crippen LogP contribution in [0.3, 0.4) is 0 Å². The Bertz CT molecular complexity index is 398. The molecule has 3 aliphatic rings. The first-order valence-corrected chi connectivity index (χ1v) is 7.43. The van der Waals surface area contributed by atoms with Gasteiger partial charge in [-0.1, -0.05) is 12.2 Å². The van der Waals surface area contributed by atoms with E-state index in [1.807, 2.05) is 0 Å². The third-order valence-electron chi connectivity index (χ3n) is 4.20. The zero-order chi connectivity index (χ0) is 10.6. The van der Waals surface area contributed by atoms with E-state index in [9.17, 15) is 8.42 Å². The molecule has 0 amide bonds. The van der Waals surface area contributed by atoms with Crippen molar-refractivity contribution in [1.82, 2.24) is 0 Å². The first-order chi connectivity index (χ1) is 7.04. The number of hydrogen-bond donors (Lipinski definition) is 0. The van der Waals surface area contributed by atoms with Gasteiger partial charge < -0.3 is 0 Å². The normalized spacial score (nSPS) is 47.4. The van der Waals surface area contributed by atoms with Gasteiger partial charge in [-0.3, -0.25) is 4.18 Å². The Morgan fingerprint density at radius 3 is 2.67 bits per heavy atom. The minimum Gasteiger partial charge on any atom is -0.267 e. The highest BCUT2D eigenvalue weighted by Gasteiger charge is 2.52. The highest BCUT2D eigenvalue weighted by atomic mass is 32.2. The van der Waals surface area contributed by atoms with E-state index in [4.69, 9.17) is 4.18 Å². The Labute approximate surface area is 90.6 Å². The lowest BCUT2D eigenvalue weighted by Crippen LogP contribution is -2.27. The van der Waals surface area contributed by atoms with Gasteiger partial charge in [0.15, 0.2) is 0 Å². The molecule has 0 aromatic heterocycles. The fourth-order valence-electron chi connectivity index (χ4n) is 3.81. The molecule has 0 spiro atoms. The van der Waals surface area contributed by atoms with Gasteiger partial charge in [-0.15, -0.1) is 0 Å². The van der Waals surface area contributed by atoms with E-state index in [0.29, 0.717) is 23.7 Å². The van der Waals surface area contributed by atoms with E-state index in [-0.39, 0.29) is 6.10 Å². The Morgan fingerprint density at radius 1 is 1.20 bits per heavy atom. The van der Waals surface area contributed by atoms with Crippen LogP contribution in [0.5, 0.6) is 0 Å². The van der Waals surface area contributed by atoms with Crippen molar-refractivity contribution in [3.05, 3.63) is 12.2 Å². The summed E-state index contributed by atoms with van der Waals surface area (Å²) in [6.07, 6.45) is 8.95. The third kappa shape index (κ3) is 1.54. The summed E-state index contributed by atoms with van der Waals surface area (Å²) >= 11 is 0. The van der Waals surface area contributed by atoms with Gasteiger partial charge in [-0.2, -0.15) is 8.42 Å². The summed E-state index contributed by atoms with van der Waals surface area (Å²) in [7, 11) is -3.29.